The molecule has 5 nitrogen and oxygen atoms in total. The summed E-state index contributed by atoms with van der Waals surface area (Å²) in [7, 11) is 0. The summed E-state index contributed by atoms with van der Waals surface area (Å²) in [6.07, 6.45) is 3.25. The topological polar surface area (TPSA) is 53.0 Å². The van der Waals surface area contributed by atoms with Crippen molar-refractivity contribution >= 4 is 5.97 Å². The van der Waals surface area contributed by atoms with Gasteiger partial charge in [-0.25, -0.2) is 0 Å². The molecule has 0 radical (unpaired) electrons. The van der Waals surface area contributed by atoms with Crippen LogP contribution in [0.1, 0.15) is 56.2 Å². The largest absolute Gasteiger partial charge is 0.481 e. The molecule has 1 N–H and O–H groups in total. The first kappa shape index (κ1) is 23.3. The lowest BCUT2D eigenvalue weighted by atomic mass is 9.87. The standard InChI is InChI=1S/C26H36N2O3/c1-4-27(5-2)17-10-18-28(6-3)16-9-11-20-14-15-22-24(19-20)31-23-13-8-7-12-21(23)25(22)26(29)30/h7-8,12-15,19,25H,4-6,9-11,16-18H2,1-3H3,(H,29,30). The highest BCUT2D eigenvalue weighted by Crippen LogP contribution is 2.44. The molecule has 0 aliphatic carbocycles. The van der Waals surface area contributed by atoms with Crippen molar-refractivity contribution in [3.8, 4) is 11.5 Å². The second kappa shape index (κ2) is 11.3. The van der Waals surface area contributed by atoms with Crippen molar-refractivity contribution in [2.24, 2.45) is 0 Å². The molecule has 0 fully saturated rings. The maximum absolute atomic E-state index is 11.9. The molecule has 1 aliphatic heterocycles. The van der Waals surface area contributed by atoms with E-state index in [0.29, 0.717) is 11.5 Å². The number of para-hydroxylation sites is 1. The molecule has 31 heavy (non-hydrogen) atoms. The van der Waals surface area contributed by atoms with Crippen LogP contribution in [0.5, 0.6) is 11.5 Å². The highest BCUT2D eigenvalue weighted by atomic mass is 16.5. The number of aryl methyl sites for hydroxylation is 1. The van der Waals surface area contributed by atoms with Crippen LogP contribution in [0.3, 0.4) is 0 Å². The first-order valence-electron chi connectivity index (χ1n) is 11.6. The monoisotopic (exact) mass is 424 g/mol. The van der Waals surface area contributed by atoms with Gasteiger partial charge in [-0.3, -0.25) is 4.79 Å². The number of rotatable bonds is 12. The van der Waals surface area contributed by atoms with E-state index >= 15 is 0 Å². The van der Waals surface area contributed by atoms with Gasteiger partial charge in [0.2, 0.25) is 0 Å². The first-order chi connectivity index (χ1) is 15.1. The van der Waals surface area contributed by atoms with Gasteiger partial charge in [0, 0.05) is 11.1 Å². The molecule has 0 saturated carbocycles. The third-order valence-corrected chi connectivity index (χ3v) is 6.32. The van der Waals surface area contributed by atoms with Crippen LogP contribution in [0.2, 0.25) is 0 Å². The van der Waals surface area contributed by atoms with Crippen molar-refractivity contribution in [1.82, 2.24) is 9.80 Å². The van der Waals surface area contributed by atoms with Gasteiger partial charge in [0.1, 0.15) is 17.4 Å². The van der Waals surface area contributed by atoms with Crippen molar-refractivity contribution < 1.29 is 14.6 Å². The summed E-state index contributed by atoms with van der Waals surface area (Å²) in [4.78, 5) is 16.9. The molecular formula is C26H36N2O3. The summed E-state index contributed by atoms with van der Waals surface area (Å²) in [6, 6.07) is 13.4. The van der Waals surface area contributed by atoms with E-state index in [2.05, 4.69) is 36.6 Å². The van der Waals surface area contributed by atoms with Crippen LogP contribution >= 0.6 is 0 Å². The minimum Gasteiger partial charge on any atom is -0.481 e. The summed E-state index contributed by atoms with van der Waals surface area (Å²) < 4.78 is 6.07. The number of benzene rings is 2. The third kappa shape index (κ3) is 5.86. The van der Waals surface area contributed by atoms with E-state index < -0.39 is 11.9 Å². The smallest absolute Gasteiger partial charge is 0.315 e. The van der Waals surface area contributed by atoms with E-state index in [0.717, 1.165) is 63.2 Å². The number of hydrogen-bond acceptors (Lipinski definition) is 4. The molecular weight excluding hydrogens is 388 g/mol. The fourth-order valence-electron chi connectivity index (χ4n) is 4.42. The minimum absolute atomic E-state index is 0.643. The fraction of sp³-hybridized carbons (Fsp3) is 0.500. The molecule has 168 valence electrons. The Labute approximate surface area is 186 Å². The van der Waals surface area contributed by atoms with Crippen molar-refractivity contribution in [2.75, 3.05) is 39.3 Å². The van der Waals surface area contributed by atoms with E-state index in [9.17, 15) is 9.90 Å². The van der Waals surface area contributed by atoms with Gasteiger partial charge in [-0.05, 0) is 76.2 Å². The van der Waals surface area contributed by atoms with Gasteiger partial charge in [-0.15, -0.1) is 0 Å². The number of hydrogen-bond donors (Lipinski definition) is 1. The number of aliphatic carboxylic acids is 1. The Kier molecular flexibility index (Phi) is 8.50. The number of ether oxygens (including phenoxy) is 1. The molecule has 1 aliphatic rings. The molecule has 2 aromatic rings. The van der Waals surface area contributed by atoms with Gasteiger partial charge < -0.3 is 19.6 Å². The van der Waals surface area contributed by atoms with E-state index in [1.807, 2.05) is 36.4 Å². The normalized spacial score (nSPS) is 14.9. The molecule has 5 heteroatoms. The predicted octanol–water partition coefficient (Wildman–Crippen LogP) is 5.00. The highest BCUT2D eigenvalue weighted by molar-refractivity contribution is 5.83. The van der Waals surface area contributed by atoms with E-state index in [-0.39, 0.29) is 0 Å². The van der Waals surface area contributed by atoms with Gasteiger partial charge in [-0.2, -0.15) is 0 Å². The lowest BCUT2D eigenvalue weighted by molar-refractivity contribution is -0.137. The zero-order valence-corrected chi connectivity index (χ0v) is 19.1. The molecule has 0 amide bonds. The first-order valence-corrected chi connectivity index (χ1v) is 11.6. The van der Waals surface area contributed by atoms with Gasteiger partial charge >= 0.3 is 5.97 Å². The van der Waals surface area contributed by atoms with Crippen LogP contribution in [0, 0.1) is 0 Å². The van der Waals surface area contributed by atoms with Crippen LogP contribution < -0.4 is 4.74 Å². The number of carboxylic acids is 1. The maximum Gasteiger partial charge on any atom is 0.315 e. The molecule has 3 rings (SSSR count). The molecule has 1 unspecified atom stereocenters. The summed E-state index contributed by atoms with van der Waals surface area (Å²) in [5.41, 5.74) is 2.65. The Morgan fingerprint density at radius 2 is 1.52 bits per heavy atom. The Morgan fingerprint density at radius 3 is 2.23 bits per heavy atom. The zero-order valence-electron chi connectivity index (χ0n) is 19.1. The van der Waals surface area contributed by atoms with Crippen molar-refractivity contribution in [3.63, 3.8) is 0 Å². The van der Waals surface area contributed by atoms with Crippen molar-refractivity contribution in [3.05, 3.63) is 59.2 Å². The summed E-state index contributed by atoms with van der Waals surface area (Å²) in [5.74, 6) is -0.191. The van der Waals surface area contributed by atoms with Crippen LogP contribution in [-0.2, 0) is 11.2 Å². The maximum atomic E-state index is 11.9. The molecule has 0 aromatic heterocycles. The van der Waals surface area contributed by atoms with Gasteiger partial charge in [0.05, 0.1) is 0 Å². The second-order valence-electron chi connectivity index (χ2n) is 8.20. The summed E-state index contributed by atoms with van der Waals surface area (Å²) in [5, 5.41) is 9.80. The van der Waals surface area contributed by atoms with Gasteiger partial charge in [-0.1, -0.05) is 51.1 Å². The lowest BCUT2D eigenvalue weighted by Crippen LogP contribution is -2.30. The number of fused-ring (bicyclic) bond motifs is 2. The Hall–Kier alpha value is -2.37. The van der Waals surface area contributed by atoms with Crippen LogP contribution in [-0.4, -0.2) is 60.1 Å². The quantitative estimate of drug-likeness (QED) is 0.520. The molecule has 0 saturated heterocycles. The number of nitrogens with zero attached hydrogens (tertiary/aromatic N) is 2. The van der Waals surface area contributed by atoms with Crippen molar-refractivity contribution in [2.45, 2.75) is 46.0 Å². The van der Waals surface area contributed by atoms with Crippen LogP contribution in [0.25, 0.3) is 0 Å². The second-order valence-corrected chi connectivity index (χ2v) is 8.20. The van der Waals surface area contributed by atoms with Crippen molar-refractivity contribution in [1.29, 1.82) is 0 Å². The predicted molar refractivity (Wildman–Crippen MR) is 125 cm³/mol. The fourth-order valence-corrected chi connectivity index (χ4v) is 4.42. The minimum atomic E-state index is -0.840. The Morgan fingerprint density at radius 1 is 0.871 bits per heavy atom. The van der Waals surface area contributed by atoms with E-state index in [4.69, 9.17) is 4.74 Å². The lowest BCUT2D eigenvalue weighted by Gasteiger charge is -2.26. The zero-order chi connectivity index (χ0) is 22.2. The highest BCUT2D eigenvalue weighted by Gasteiger charge is 2.32. The molecule has 0 spiro atoms. The van der Waals surface area contributed by atoms with Crippen LogP contribution in [0.15, 0.2) is 42.5 Å². The SMILES string of the molecule is CCN(CC)CCCN(CC)CCCc1ccc2c(c1)Oc1ccccc1C2C(=O)O. The van der Waals surface area contributed by atoms with E-state index in [1.165, 1.54) is 12.0 Å². The average molecular weight is 425 g/mol. The average Bonchev–Trinajstić information content (AvgIpc) is 2.78. The molecule has 1 atom stereocenters. The van der Waals surface area contributed by atoms with Crippen LogP contribution in [0.4, 0.5) is 0 Å². The third-order valence-electron chi connectivity index (χ3n) is 6.32. The number of carboxylic acid groups (broad SMARTS) is 1. The summed E-state index contributed by atoms with van der Waals surface area (Å²) >= 11 is 0. The van der Waals surface area contributed by atoms with Gasteiger partial charge in [0.15, 0.2) is 0 Å². The van der Waals surface area contributed by atoms with Gasteiger partial charge in [0.25, 0.3) is 0 Å². The summed E-state index contributed by atoms with van der Waals surface area (Å²) in [6.45, 7) is 13.4. The molecule has 0 bridgehead atoms. The number of carbonyl (C=O) groups is 1. The molecule has 1 heterocycles. The molecule has 2 aromatic carbocycles. The Bertz CT molecular complexity index is 863. The Balaban J connectivity index is 1.58. The van der Waals surface area contributed by atoms with E-state index in [1.54, 1.807) is 0 Å².